The van der Waals surface area contributed by atoms with E-state index in [4.69, 9.17) is 4.42 Å². The fourth-order valence-corrected chi connectivity index (χ4v) is 3.38. The summed E-state index contributed by atoms with van der Waals surface area (Å²) < 4.78 is 5.29. The predicted octanol–water partition coefficient (Wildman–Crippen LogP) is 2.28. The van der Waals surface area contributed by atoms with Gasteiger partial charge in [-0.2, -0.15) is 0 Å². The standard InChI is InChI=1S/C21H21N3O3/c25-20(13-16-4-2-1-3-5-16)23-8-10-24(11-9-23)21(26)14-17-6-7-18-19(12-17)27-15-22-18/h1-7,12,15H,8-11,13-14H2. The number of fused-ring (bicyclic) bond motifs is 1. The van der Waals surface area contributed by atoms with E-state index in [9.17, 15) is 9.59 Å². The van der Waals surface area contributed by atoms with Crippen LogP contribution in [0.25, 0.3) is 11.1 Å². The van der Waals surface area contributed by atoms with Crippen LogP contribution in [0.2, 0.25) is 0 Å². The normalized spacial score (nSPS) is 14.5. The van der Waals surface area contributed by atoms with E-state index in [2.05, 4.69) is 4.98 Å². The lowest BCUT2D eigenvalue weighted by molar-refractivity contribution is -0.138. The number of hydrogen-bond acceptors (Lipinski definition) is 4. The van der Waals surface area contributed by atoms with E-state index in [0.29, 0.717) is 44.6 Å². The van der Waals surface area contributed by atoms with Gasteiger partial charge in [0.2, 0.25) is 11.8 Å². The average molecular weight is 363 g/mol. The molecular weight excluding hydrogens is 342 g/mol. The minimum absolute atomic E-state index is 0.0732. The third-order valence-corrected chi connectivity index (χ3v) is 4.93. The SMILES string of the molecule is O=C(Cc1ccccc1)N1CCN(C(=O)Cc2ccc3ncoc3c2)CC1. The summed E-state index contributed by atoms with van der Waals surface area (Å²) in [4.78, 5) is 32.8. The van der Waals surface area contributed by atoms with Gasteiger partial charge < -0.3 is 14.2 Å². The molecule has 3 aromatic rings. The van der Waals surface area contributed by atoms with Crippen molar-refractivity contribution in [1.82, 2.24) is 14.8 Å². The number of rotatable bonds is 4. The van der Waals surface area contributed by atoms with Gasteiger partial charge in [-0.25, -0.2) is 4.98 Å². The molecule has 1 saturated heterocycles. The highest BCUT2D eigenvalue weighted by atomic mass is 16.3. The molecule has 1 fully saturated rings. The highest BCUT2D eigenvalue weighted by molar-refractivity contribution is 5.82. The topological polar surface area (TPSA) is 66.7 Å². The van der Waals surface area contributed by atoms with E-state index in [1.54, 1.807) is 0 Å². The van der Waals surface area contributed by atoms with Crippen molar-refractivity contribution in [3.63, 3.8) is 0 Å². The molecule has 6 nitrogen and oxygen atoms in total. The number of carbonyl (C=O) groups excluding carboxylic acids is 2. The molecule has 0 radical (unpaired) electrons. The van der Waals surface area contributed by atoms with Crippen LogP contribution in [0.5, 0.6) is 0 Å². The van der Waals surface area contributed by atoms with Crippen LogP contribution in [-0.2, 0) is 22.4 Å². The zero-order chi connectivity index (χ0) is 18.6. The van der Waals surface area contributed by atoms with Gasteiger partial charge >= 0.3 is 0 Å². The van der Waals surface area contributed by atoms with Gasteiger partial charge in [-0.3, -0.25) is 9.59 Å². The van der Waals surface area contributed by atoms with Crippen LogP contribution < -0.4 is 0 Å². The Morgan fingerprint density at radius 3 is 2.15 bits per heavy atom. The molecule has 27 heavy (non-hydrogen) atoms. The second-order valence-electron chi connectivity index (χ2n) is 6.76. The first-order chi connectivity index (χ1) is 13.2. The molecule has 1 aromatic heterocycles. The molecule has 0 N–H and O–H groups in total. The Bertz CT molecular complexity index is 943. The highest BCUT2D eigenvalue weighted by Crippen LogP contribution is 2.16. The van der Waals surface area contributed by atoms with Gasteiger partial charge in [-0.15, -0.1) is 0 Å². The molecule has 2 amide bonds. The minimum atomic E-state index is 0.0732. The maximum Gasteiger partial charge on any atom is 0.227 e. The number of aromatic nitrogens is 1. The summed E-state index contributed by atoms with van der Waals surface area (Å²) in [5, 5.41) is 0. The van der Waals surface area contributed by atoms with Crippen molar-refractivity contribution < 1.29 is 14.0 Å². The Kier molecular flexibility index (Phi) is 4.87. The molecule has 0 unspecified atom stereocenters. The molecule has 1 aliphatic rings. The number of nitrogens with zero attached hydrogens (tertiary/aromatic N) is 3. The second-order valence-corrected chi connectivity index (χ2v) is 6.76. The molecule has 4 rings (SSSR count). The van der Waals surface area contributed by atoms with Crippen molar-refractivity contribution in [2.45, 2.75) is 12.8 Å². The van der Waals surface area contributed by atoms with Crippen molar-refractivity contribution in [1.29, 1.82) is 0 Å². The summed E-state index contributed by atoms with van der Waals surface area (Å²) in [5.41, 5.74) is 3.41. The number of carbonyl (C=O) groups is 2. The van der Waals surface area contributed by atoms with Gasteiger partial charge in [0.05, 0.1) is 12.8 Å². The number of benzene rings is 2. The van der Waals surface area contributed by atoms with Gasteiger partial charge in [0.25, 0.3) is 0 Å². The molecule has 0 aliphatic carbocycles. The molecule has 138 valence electrons. The fourth-order valence-electron chi connectivity index (χ4n) is 3.38. The third-order valence-electron chi connectivity index (χ3n) is 4.93. The van der Waals surface area contributed by atoms with Crippen LogP contribution in [-0.4, -0.2) is 52.8 Å². The van der Waals surface area contributed by atoms with Crippen LogP contribution in [0, 0.1) is 0 Å². The lowest BCUT2D eigenvalue weighted by Crippen LogP contribution is -2.51. The lowest BCUT2D eigenvalue weighted by atomic mass is 10.1. The van der Waals surface area contributed by atoms with Crippen LogP contribution in [0.15, 0.2) is 59.3 Å². The summed E-state index contributed by atoms with van der Waals surface area (Å²) in [7, 11) is 0. The van der Waals surface area contributed by atoms with Gasteiger partial charge in [-0.1, -0.05) is 36.4 Å². The Labute approximate surface area is 157 Å². The summed E-state index contributed by atoms with van der Waals surface area (Å²) in [6.07, 6.45) is 2.14. The van der Waals surface area contributed by atoms with Gasteiger partial charge in [0.15, 0.2) is 12.0 Å². The Balaban J connectivity index is 1.30. The molecule has 0 spiro atoms. The van der Waals surface area contributed by atoms with E-state index < -0.39 is 0 Å². The summed E-state index contributed by atoms with van der Waals surface area (Å²) >= 11 is 0. The molecule has 1 aliphatic heterocycles. The molecular formula is C21H21N3O3. The van der Waals surface area contributed by atoms with Crippen LogP contribution in [0.1, 0.15) is 11.1 Å². The highest BCUT2D eigenvalue weighted by Gasteiger charge is 2.24. The fraction of sp³-hybridized carbons (Fsp3) is 0.286. The smallest absolute Gasteiger partial charge is 0.227 e. The second kappa shape index (κ2) is 7.61. The van der Waals surface area contributed by atoms with Gasteiger partial charge in [-0.05, 0) is 23.3 Å². The first-order valence-electron chi connectivity index (χ1n) is 9.10. The molecule has 0 bridgehead atoms. The summed E-state index contributed by atoms with van der Waals surface area (Å²) in [5.74, 6) is 0.188. The summed E-state index contributed by atoms with van der Waals surface area (Å²) in [6, 6.07) is 15.4. The predicted molar refractivity (Wildman–Crippen MR) is 101 cm³/mol. The number of hydrogen-bond donors (Lipinski definition) is 0. The van der Waals surface area contributed by atoms with Crippen molar-refractivity contribution in [3.05, 3.63) is 66.1 Å². The molecule has 6 heteroatoms. The number of amides is 2. The quantitative estimate of drug-likeness (QED) is 0.713. The van der Waals surface area contributed by atoms with Gasteiger partial charge in [0, 0.05) is 26.2 Å². The van der Waals surface area contributed by atoms with E-state index in [0.717, 1.165) is 16.6 Å². The maximum absolute atomic E-state index is 12.6. The maximum atomic E-state index is 12.6. The van der Waals surface area contributed by atoms with E-state index in [1.165, 1.54) is 6.39 Å². The van der Waals surface area contributed by atoms with Crippen LogP contribution in [0.3, 0.4) is 0 Å². The first kappa shape index (κ1) is 17.3. The van der Waals surface area contributed by atoms with Crippen molar-refractivity contribution in [3.8, 4) is 0 Å². The zero-order valence-corrected chi connectivity index (χ0v) is 15.0. The van der Waals surface area contributed by atoms with Crippen molar-refractivity contribution >= 4 is 22.9 Å². The average Bonchev–Trinajstić information content (AvgIpc) is 3.16. The van der Waals surface area contributed by atoms with Crippen LogP contribution >= 0.6 is 0 Å². The Hall–Kier alpha value is -3.15. The largest absolute Gasteiger partial charge is 0.443 e. The van der Waals surface area contributed by atoms with E-state index in [-0.39, 0.29) is 11.8 Å². The summed E-state index contributed by atoms with van der Waals surface area (Å²) in [6.45, 7) is 2.31. The van der Waals surface area contributed by atoms with Crippen molar-refractivity contribution in [2.24, 2.45) is 0 Å². The van der Waals surface area contributed by atoms with Crippen LogP contribution in [0.4, 0.5) is 0 Å². The Morgan fingerprint density at radius 2 is 1.48 bits per heavy atom. The molecule has 2 heterocycles. The number of piperazine rings is 1. The zero-order valence-electron chi connectivity index (χ0n) is 15.0. The molecule has 0 saturated carbocycles. The Morgan fingerprint density at radius 1 is 0.852 bits per heavy atom. The van der Waals surface area contributed by atoms with E-state index in [1.807, 2.05) is 58.3 Å². The number of oxazole rings is 1. The van der Waals surface area contributed by atoms with Crippen molar-refractivity contribution in [2.75, 3.05) is 26.2 Å². The molecule has 0 atom stereocenters. The monoisotopic (exact) mass is 363 g/mol. The third kappa shape index (κ3) is 4.00. The minimum Gasteiger partial charge on any atom is -0.443 e. The molecule has 2 aromatic carbocycles. The van der Waals surface area contributed by atoms with Gasteiger partial charge in [0.1, 0.15) is 5.52 Å². The first-order valence-corrected chi connectivity index (χ1v) is 9.10. The van der Waals surface area contributed by atoms with E-state index >= 15 is 0 Å². The lowest BCUT2D eigenvalue weighted by Gasteiger charge is -2.35.